The molecule has 1 saturated heterocycles. The zero-order valence-corrected chi connectivity index (χ0v) is 14.0. The Hall–Kier alpha value is -2.69. The predicted molar refractivity (Wildman–Crippen MR) is 92.7 cm³/mol. The Morgan fingerprint density at radius 3 is 2.40 bits per heavy atom. The van der Waals surface area contributed by atoms with Crippen LogP contribution in [0.3, 0.4) is 0 Å². The Morgan fingerprint density at radius 2 is 1.72 bits per heavy atom. The third-order valence-electron chi connectivity index (χ3n) is 5.92. The lowest BCUT2D eigenvalue weighted by Gasteiger charge is -2.14. The molecule has 5 nitrogen and oxygen atoms in total. The van der Waals surface area contributed by atoms with Crippen LogP contribution in [0.2, 0.25) is 0 Å². The highest BCUT2D eigenvalue weighted by molar-refractivity contribution is 6.22. The van der Waals surface area contributed by atoms with Crippen LogP contribution in [0.25, 0.3) is 0 Å². The molecule has 0 N–H and O–H groups in total. The Balaban J connectivity index is 1.42. The summed E-state index contributed by atoms with van der Waals surface area (Å²) < 4.78 is 1.79. The van der Waals surface area contributed by atoms with Crippen molar-refractivity contribution >= 4 is 17.6 Å². The van der Waals surface area contributed by atoms with Crippen molar-refractivity contribution < 1.29 is 9.59 Å². The second-order valence-corrected chi connectivity index (χ2v) is 7.31. The molecular formula is C20H19N3O2. The molecule has 3 aliphatic rings. The Morgan fingerprint density at radius 1 is 1.04 bits per heavy atom. The van der Waals surface area contributed by atoms with Crippen LogP contribution >= 0.6 is 0 Å². The van der Waals surface area contributed by atoms with Crippen molar-refractivity contribution in [2.75, 3.05) is 4.90 Å². The lowest BCUT2D eigenvalue weighted by molar-refractivity contribution is -0.123. The summed E-state index contributed by atoms with van der Waals surface area (Å²) in [5.74, 6) is 0.405. The van der Waals surface area contributed by atoms with E-state index in [0.29, 0.717) is 12.4 Å². The van der Waals surface area contributed by atoms with Gasteiger partial charge in [0.2, 0.25) is 11.8 Å². The number of nitrogens with zero attached hydrogens (tertiary/aromatic N) is 3. The van der Waals surface area contributed by atoms with E-state index in [9.17, 15) is 9.59 Å². The van der Waals surface area contributed by atoms with Crippen LogP contribution < -0.4 is 4.90 Å². The van der Waals surface area contributed by atoms with Crippen LogP contribution in [-0.2, 0) is 16.1 Å². The minimum Gasteiger partial charge on any atom is -0.274 e. The summed E-state index contributed by atoms with van der Waals surface area (Å²) in [5.41, 5.74) is 2.38. The van der Waals surface area contributed by atoms with Gasteiger partial charge in [0.15, 0.2) is 5.82 Å². The first-order valence-electron chi connectivity index (χ1n) is 8.77. The SMILES string of the molecule is Cc1ccccc1Cn1ccc(N2C(=O)[C@@H]3[C@@H](C2=O)[C@H]2C=C[C@@H]3C2)n1. The second kappa shape index (κ2) is 5.15. The summed E-state index contributed by atoms with van der Waals surface area (Å²) in [4.78, 5) is 27.0. The van der Waals surface area contributed by atoms with E-state index >= 15 is 0 Å². The molecule has 2 fully saturated rings. The molecule has 5 rings (SSSR count). The highest BCUT2D eigenvalue weighted by atomic mass is 16.2. The highest BCUT2D eigenvalue weighted by Crippen LogP contribution is 2.53. The minimum atomic E-state index is -0.177. The number of carbonyl (C=O) groups excluding carboxylic acids is 2. The second-order valence-electron chi connectivity index (χ2n) is 7.31. The highest BCUT2D eigenvalue weighted by Gasteiger charge is 2.59. The Labute approximate surface area is 145 Å². The summed E-state index contributed by atoms with van der Waals surface area (Å²) in [7, 11) is 0. The van der Waals surface area contributed by atoms with Gasteiger partial charge in [-0.3, -0.25) is 14.3 Å². The van der Waals surface area contributed by atoms with Gasteiger partial charge in [-0.1, -0.05) is 36.4 Å². The minimum absolute atomic E-state index is 0.0759. The quantitative estimate of drug-likeness (QED) is 0.641. The zero-order valence-electron chi connectivity index (χ0n) is 14.0. The van der Waals surface area contributed by atoms with Gasteiger partial charge in [0, 0.05) is 12.3 Å². The van der Waals surface area contributed by atoms with Crippen LogP contribution in [0.5, 0.6) is 0 Å². The van der Waals surface area contributed by atoms with Crippen molar-refractivity contribution in [2.24, 2.45) is 23.7 Å². The van der Waals surface area contributed by atoms with Gasteiger partial charge in [0.25, 0.3) is 0 Å². The van der Waals surface area contributed by atoms with Crippen LogP contribution in [0.4, 0.5) is 5.82 Å². The first-order chi connectivity index (χ1) is 12.1. The van der Waals surface area contributed by atoms with Crippen molar-refractivity contribution in [2.45, 2.75) is 19.9 Å². The molecule has 2 aliphatic carbocycles. The number of carbonyl (C=O) groups is 2. The average Bonchev–Trinajstić information content (AvgIpc) is 3.35. The van der Waals surface area contributed by atoms with Crippen LogP contribution in [0.1, 0.15) is 17.5 Å². The molecule has 5 heteroatoms. The number of amides is 2. The van der Waals surface area contributed by atoms with E-state index in [-0.39, 0.29) is 35.5 Å². The van der Waals surface area contributed by atoms with Crippen LogP contribution in [0, 0.1) is 30.6 Å². The number of hydrogen-bond acceptors (Lipinski definition) is 3. The average molecular weight is 333 g/mol. The van der Waals surface area contributed by atoms with Crippen LogP contribution in [0.15, 0.2) is 48.7 Å². The number of aromatic nitrogens is 2. The fourth-order valence-electron chi connectivity index (χ4n) is 4.65. The third kappa shape index (κ3) is 2.05. The first-order valence-corrected chi connectivity index (χ1v) is 8.77. The molecule has 1 saturated carbocycles. The summed E-state index contributed by atoms with van der Waals surface area (Å²) in [6.45, 7) is 2.69. The molecular weight excluding hydrogens is 314 g/mol. The molecule has 0 spiro atoms. The molecule has 1 aromatic heterocycles. The lowest BCUT2D eigenvalue weighted by atomic mass is 9.85. The number of allylic oxidation sites excluding steroid dienone is 2. The van der Waals surface area contributed by atoms with Gasteiger partial charge >= 0.3 is 0 Å². The number of benzene rings is 1. The summed E-state index contributed by atoms with van der Waals surface area (Å²) in [5, 5.41) is 4.51. The van der Waals surface area contributed by atoms with E-state index in [1.807, 2.05) is 18.3 Å². The van der Waals surface area contributed by atoms with Gasteiger partial charge in [-0.2, -0.15) is 5.10 Å². The number of anilines is 1. The maximum Gasteiger partial charge on any atom is 0.239 e. The molecule has 2 amide bonds. The zero-order chi connectivity index (χ0) is 17.1. The number of hydrogen-bond donors (Lipinski definition) is 0. The molecule has 126 valence electrons. The molecule has 25 heavy (non-hydrogen) atoms. The van der Waals surface area contributed by atoms with Crippen molar-refractivity contribution in [3.63, 3.8) is 0 Å². The van der Waals surface area contributed by atoms with Gasteiger partial charge in [0.1, 0.15) is 0 Å². The normalized spacial score (nSPS) is 29.7. The summed E-state index contributed by atoms with van der Waals surface area (Å²) >= 11 is 0. The fraction of sp³-hybridized carbons (Fsp3) is 0.350. The number of fused-ring (bicyclic) bond motifs is 5. The van der Waals surface area contributed by atoms with Crippen molar-refractivity contribution in [3.05, 3.63) is 59.8 Å². The molecule has 1 aromatic carbocycles. The van der Waals surface area contributed by atoms with Gasteiger partial charge in [0.05, 0.1) is 18.4 Å². The van der Waals surface area contributed by atoms with Gasteiger partial charge < -0.3 is 0 Å². The van der Waals surface area contributed by atoms with Gasteiger partial charge in [-0.15, -0.1) is 0 Å². The topological polar surface area (TPSA) is 55.2 Å². The molecule has 2 aromatic rings. The molecule has 2 heterocycles. The third-order valence-corrected chi connectivity index (χ3v) is 5.92. The number of imide groups is 1. The lowest BCUT2D eigenvalue weighted by Crippen LogP contribution is -2.33. The molecule has 4 atom stereocenters. The van der Waals surface area contributed by atoms with Gasteiger partial charge in [-0.25, -0.2) is 4.90 Å². The van der Waals surface area contributed by atoms with E-state index in [2.05, 4.69) is 36.3 Å². The molecule has 0 unspecified atom stereocenters. The molecule has 2 bridgehead atoms. The van der Waals surface area contributed by atoms with E-state index in [1.165, 1.54) is 16.0 Å². The predicted octanol–water partition coefficient (Wildman–Crippen LogP) is 2.55. The summed E-state index contributed by atoms with van der Waals surface area (Å²) in [6.07, 6.45) is 7.00. The Kier molecular flexibility index (Phi) is 3.02. The van der Waals surface area contributed by atoms with E-state index in [4.69, 9.17) is 0 Å². The number of rotatable bonds is 3. The van der Waals surface area contributed by atoms with Crippen molar-refractivity contribution in [3.8, 4) is 0 Å². The van der Waals surface area contributed by atoms with Crippen molar-refractivity contribution in [1.29, 1.82) is 0 Å². The van der Waals surface area contributed by atoms with Gasteiger partial charge in [-0.05, 0) is 36.3 Å². The standard InChI is InChI=1S/C20H19N3O2/c1-12-4-2-3-5-15(12)11-22-9-8-16(21-22)23-19(24)17-13-6-7-14(10-13)18(17)20(23)25/h2-9,13-14,17-18H,10-11H2,1H3/t13-,14+,17-,18-/m0/s1. The van der Waals surface area contributed by atoms with Crippen LogP contribution in [-0.4, -0.2) is 21.6 Å². The maximum atomic E-state index is 12.8. The fourth-order valence-corrected chi connectivity index (χ4v) is 4.65. The molecule has 0 radical (unpaired) electrons. The van der Waals surface area contributed by atoms with E-state index < -0.39 is 0 Å². The Bertz CT molecular complexity index is 883. The molecule has 1 aliphatic heterocycles. The van der Waals surface area contributed by atoms with E-state index in [1.54, 1.807) is 10.7 Å². The number of aryl methyl sites for hydroxylation is 1. The monoisotopic (exact) mass is 333 g/mol. The van der Waals surface area contributed by atoms with E-state index in [0.717, 1.165) is 6.42 Å². The first kappa shape index (κ1) is 14.6. The summed E-state index contributed by atoms with van der Waals surface area (Å²) in [6, 6.07) is 9.92. The van der Waals surface area contributed by atoms with Crippen molar-refractivity contribution in [1.82, 2.24) is 9.78 Å². The maximum absolute atomic E-state index is 12.8. The smallest absolute Gasteiger partial charge is 0.239 e. The largest absolute Gasteiger partial charge is 0.274 e.